The topological polar surface area (TPSA) is 98.7 Å². The number of nitrogens with zero attached hydrogens (tertiary/aromatic N) is 5. The van der Waals surface area contributed by atoms with Crippen LogP contribution in [0.25, 0.3) is 0 Å². The molecule has 3 aromatic rings. The van der Waals surface area contributed by atoms with Crippen LogP contribution in [0.15, 0.2) is 60.7 Å². The number of carbonyl (C=O) groups excluding carboxylic acids is 1. The average Bonchev–Trinajstić information content (AvgIpc) is 3.11. The molecule has 0 aliphatic carbocycles. The van der Waals surface area contributed by atoms with E-state index in [9.17, 15) is 18.0 Å². The van der Waals surface area contributed by atoms with Crippen LogP contribution in [-0.2, 0) is 20.8 Å². The lowest BCUT2D eigenvalue weighted by molar-refractivity contribution is -0.162. The monoisotopic (exact) mass is 671 g/mol. The average molecular weight is 672 g/mol. The third-order valence-electron chi connectivity index (χ3n) is 9.01. The first-order chi connectivity index (χ1) is 23.2. The van der Waals surface area contributed by atoms with Gasteiger partial charge in [-0.15, -0.1) is 0 Å². The smallest absolute Gasteiger partial charge is 0.422 e. The molecule has 0 spiro atoms. The Labute approximate surface area is 277 Å². The molecule has 1 aromatic heterocycles. The Morgan fingerprint density at radius 2 is 1.60 bits per heavy atom. The van der Waals surface area contributed by atoms with E-state index in [4.69, 9.17) is 23.7 Å². The number of fused-ring (bicyclic) bond motifs is 1. The van der Waals surface area contributed by atoms with Crippen LogP contribution in [0, 0.1) is 0 Å². The van der Waals surface area contributed by atoms with Crippen molar-refractivity contribution in [2.45, 2.75) is 36.8 Å². The summed E-state index contributed by atoms with van der Waals surface area (Å²) in [6, 6.07) is 20.2. The summed E-state index contributed by atoms with van der Waals surface area (Å²) in [6.07, 6.45) is -5.22. The zero-order valence-electron chi connectivity index (χ0n) is 27.0. The van der Waals surface area contributed by atoms with E-state index in [1.165, 1.54) is 14.2 Å². The van der Waals surface area contributed by atoms with Gasteiger partial charge in [0, 0.05) is 57.3 Å². The normalized spacial score (nSPS) is 22.3. The number of alkyl halides is 3. The molecule has 258 valence electrons. The lowest BCUT2D eigenvalue weighted by Gasteiger charge is -2.53. The highest BCUT2D eigenvalue weighted by Gasteiger charge is 2.44. The second-order valence-corrected chi connectivity index (χ2v) is 12.1. The van der Waals surface area contributed by atoms with Gasteiger partial charge in [-0.25, -0.2) is 0 Å². The Morgan fingerprint density at radius 3 is 2.21 bits per heavy atom. The zero-order valence-corrected chi connectivity index (χ0v) is 27.0. The molecule has 3 saturated heterocycles. The van der Waals surface area contributed by atoms with Crippen molar-refractivity contribution in [3.63, 3.8) is 0 Å². The SMILES string of the molecule is COc1nc(OC)c(CN2C[C@@H]3CN(C(=O)C4COCCO4)CCN3[C@H](C(c3ccccc3)c3ccccc3)C2)c(OCC(F)(F)F)n1. The summed E-state index contributed by atoms with van der Waals surface area (Å²) >= 11 is 0. The molecule has 1 unspecified atom stereocenters. The molecular weight excluding hydrogens is 631 g/mol. The van der Waals surface area contributed by atoms with E-state index >= 15 is 0 Å². The van der Waals surface area contributed by atoms with Crippen LogP contribution in [0.1, 0.15) is 22.6 Å². The summed E-state index contributed by atoms with van der Waals surface area (Å²) in [4.78, 5) is 28.4. The number of rotatable bonds is 10. The highest BCUT2D eigenvalue weighted by Crippen LogP contribution is 2.38. The molecule has 4 heterocycles. The van der Waals surface area contributed by atoms with Gasteiger partial charge in [-0.2, -0.15) is 23.1 Å². The number of hydrogen-bond acceptors (Lipinski definition) is 10. The fraction of sp³-hybridized carbons (Fsp3) is 0.500. The van der Waals surface area contributed by atoms with E-state index < -0.39 is 18.9 Å². The van der Waals surface area contributed by atoms with Crippen LogP contribution in [-0.4, -0.2) is 128 Å². The van der Waals surface area contributed by atoms with Gasteiger partial charge in [0.15, 0.2) is 12.7 Å². The molecule has 14 heteroatoms. The molecule has 6 rings (SSSR count). The largest absolute Gasteiger partial charge is 0.481 e. The number of piperazine rings is 2. The first kappa shape index (κ1) is 33.9. The molecular formula is C34H40F3N5O6. The predicted molar refractivity (Wildman–Crippen MR) is 168 cm³/mol. The van der Waals surface area contributed by atoms with Gasteiger partial charge < -0.3 is 28.6 Å². The zero-order chi connectivity index (χ0) is 33.7. The summed E-state index contributed by atoms with van der Waals surface area (Å²) in [5, 5.41) is 0. The second kappa shape index (κ2) is 15.1. The fourth-order valence-corrected chi connectivity index (χ4v) is 6.94. The maximum absolute atomic E-state index is 13.5. The Kier molecular flexibility index (Phi) is 10.6. The maximum Gasteiger partial charge on any atom is 0.422 e. The van der Waals surface area contributed by atoms with Gasteiger partial charge in [0.1, 0.15) is 0 Å². The Hall–Kier alpha value is -3.98. The van der Waals surface area contributed by atoms with Crippen molar-refractivity contribution in [2.24, 2.45) is 0 Å². The Morgan fingerprint density at radius 1 is 0.917 bits per heavy atom. The van der Waals surface area contributed by atoms with Crippen molar-refractivity contribution in [3.05, 3.63) is 77.4 Å². The van der Waals surface area contributed by atoms with E-state index in [0.29, 0.717) is 45.9 Å². The summed E-state index contributed by atoms with van der Waals surface area (Å²) in [6.45, 7) is 2.39. The summed E-state index contributed by atoms with van der Waals surface area (Å²) in [7, 11) is 2.71. The predicted octanol–water partition coefficient (Wildman–Crippen LogP) is 3.38. The molecule has 1 amide bonds. The van der Waals surface area contributed by atoms with Gasteiger partial charge in [-0.05, 0) is 11.1 Å². The quantitative estimate of drug-likeness (QED) is 0.319. The van der Waals surface area contributed by atoms with Gasteiger partial charge >= 0.3 is 12.2 Å². The van der Waals surface area contributed by atoms with Gasteiger partial charge in [-0.3, -0.25) is 14.6 Å². The molecule has 3 aliphatic heterocycles. The van der Waals surface area contributed by atoms with E-state index in [1.54, 1.807) is 0 Å². The van der Waals surface area contributed by atoms with Crippen LogP contribution in [0.3, 0.4) is 0 Å². The maximum atomic E-state index is 13.5. The van der Waals surface area contributed by atoms with Crippen molar-refractivity contribution in [3.8, 4) is 17.8 Å². The molecule has 3 aliphatic rings. The van der Waals surface area contributed by atoms with Crippen molar-refractivity contribution in [2.75, 3.05) is 73.4 Å². The third kappa shape index (κ3) is 7.83. The number of aromatic nitrogens is 2. The molecule has 3 atom stereocenters. The Bertz CT molecular complexity index is 1470. The first-order valence-corrected chi connectivity index (χ1v) is 16.0. The molecule has 0 saturated carbocycles. The van der Waals surface area contributed by atoms with Gasteiger partial charge in [-0.1, -0.05) is 60.7 Å². The van der Waals surface area contributed by atoms with Crippen LogP contribution < -0.4 is 14.2 Å². The number of methoxy groups -OCH3 is 2. The van der Waals surface area contributed by atoms with E-state index in [2.05, 4.69) is 44.0 Å². The van der Waals surface area contributed by atoms with Crippen molar-refractivity contribution >= 4 is 5.91 Å². The molecule has 11 nitrogen and oxygen atoms in total. The van der Waals surface area contributed by atoms with Gasteiger partial charge in [0.25, 0.3) is 5.91 Å². The summed E-state index contributed by atoms with van der Waals surface area (Å²) in [5.74, 6) is -0.327. The molecule has 3 fully saturated rings. The van der Waals surface area contributed by atoms with Gasteiger partial charge in [0.05, 0.1) is 39.6 Å². The minimum atomic E-state index is -4.58. The van der Waals surface area contributed by atoms with E-state index in [1.807, 2.05) is 41.3 Å². The van der Waals surface area contributed by atoms with E-state index in [-0.39, 0.29) is 60.4 Å². The fourth-order valence-electron chi connectivity index (χ4n) is 6.94. The molecule has 0 bridgehead atoms. The molecule has 0 radical (unpaired) electrons. The number of hydrogen-bond donors (Lipinski definition) is 0. The highest BCUT2D eigenvalue weighted by molar-refractivity contribution is 5.81. The molecule has 48 heavy (non-hydrogen) atoms. The highest BCUT2D eigenvalue weighted by atomic mass is 19.4. The lowest BCUT2D eigenvalue weighted by Crippen LogP contribution is -2.68. The van der Waals surface area contributed by atoms with E-state index in [0.717, 1.165) is 11.1 Å². The number of carbonyl (C=O) groups is 1. The lowest BCUT2D eigenvalue weighted by atomic mass is 9.81. The van der Waals surface area contributed by atoms with Crippen LogP contribution in [0.4, 0.5) is 13.2 Å². The molecule has 2 aromatic carbocycles. The Balaban J connectivity index is 1.36. The number of ether oxygens (including phenoxy) is 5. The third-order valence-corrected chi connectivity index (χ3v) is 9.01. The summed E-state index contributed by atoms with van der Waals surface area (Å²) in [5.41, 5.74) is 2.56. The van der Waals surface area contributed by atoms with Crippen molar-refractivity contribution in [1.82, 2.24) is 24.7 Å². The second-order valence-electron chi connectivity index (χ2n) is 12.1. The van der Waals surface area contributed by atoms with Crippen LogP contribution >= 0.6 is 0 Å². The summed E-state index contributed by atoms with van der Waals surface area (Å²) < 4.78 is 67.0. The number of benzene rings is 2. The molecule has 0 N–H and O–H groups in total. The standard InChI is InChI=1S/C34H40F3N5O6/c1-44-30-26(31(39-33(38-30)45-2)48-22-34(35,36)37)19-40-17-25-18-41(32(43)28-21-46-15-16-47-28)13-14-42(25)27(20-40)29(23-9-5-3-6-10-23)24-11-7-4-8-12-24/h3-12,25,27-29H,13-22H2,1-2H3/t25-,27+,28?/m1/s1. The first-order valence-electron chi connectivity index (χ1n) is 16.0. The minimum absolute atomic E-state index is 0.0370. The minimum Gasteiger partial charge on any atom is -0.481 e. The van der Waals surface area contributed by atoms with Crippen molar-refractivity contribution < 1.29 is 41.7 Å². The van der Waals surface area contributed by atoms with Crippen molar-refractivity contribution in [1.29, 1.82) is 0 Å². The number of halogens is 3. The number of amides is 1. The van der Waals surface area contributed by atoms with Crippen LogP contribution in [0.5, 0.6) is 17.8 Å². The van der Waals surface area contributed by atoms with Crippen LogP contribution in [0.2, 0.25) is 0 Å². The van der Waals surface area contributed by atoms with Gasteiger partial charge in [0.2, 0.25) is 11.8 Å².